The van der Waals surface area contributed by atoms with Gasteiger partial charge >= 0.3 is 0 Å². The Hall–Kier alpha value is -1.68. The summed E-state index contributed by atoms with van der Waals surface area (Å²) in [5.41, 5.74) is 2.53. The van der Waals surface area contributed by atoms with E-state index in [0.29, 0.717) is 5.69 Å². The summed E-state index contributed by atoms with van der Waals surface area (Å²) in [6.45, 7) is 4.94. The van der Waals surface area contributed by atoms with Crippen LogP contribution in [0.4, 0.5) is 0 Å². The van der Waals surface area contributed by atoms with Gasteiger partial charge in [0.1, 0.15) is 6.10 Å². The normalized spacial score (nSPS) is 12.6. The zero-order valence-corrected chi connectivity index (χ0v) is 10.2. The molecule has 1 atom stereocenters. The Morgan fingerprint density at radius 2 is 2.18 bits per heavy atom. The van der Waals surface area contributed by atoms with Crippen molar-refractivity contribution >= 4 is 0 Å². The summed E-state index contributed by atoms with van der Waals surface area (Å²) in [6.07, 6.45) is 5.66. The molecule has 4 nitrogen and oxygen atoms in total. The van der Waals surface area contributed by atoms with E-state index in [-0.39, 0.29) is 0 Å². The van der Waals surface area contributed by atoms with Gasteiger partial charge in [0.05, 0.1) is 11.9 Å². The molecule has 2 aromatic heterocycles. The highest BCUT2D eigenvalue weighted by atomic mass is 16.3. The molecule has 1 unspecified atom stereocenters. The maximum Gasteiger partial charge on any atom is 0.124 e. The van der Waals surface area contributed by atoms with Crippen molar-refractivity contribution in [2.75, 3.05) is 0 Å². The number of aliphatic hydroxyl groups is 1. The summed E-state index contributed by atoms with van der Waals surface area (Å²) >= 11 is 0. The van der Waals surface area contributed by atoms with Crippen molar-refractivity contribution in [1.29, 1.82) is 0 Å². The summed E-state index contributed by atoms with van der Waals surface area (Å²) in [4.78, 5) is 4.22. The number of rotatable bonds is 4. The molecule has 0 amide bonds. The monoisotopic (exact) mass is 231 g/mol. The van der Waals surface area contributed by atoms with Gasteiger partial charge in [-0.1, -0.05) is 13.0 Å². The third-order valence-electron chi connectivity index (χ3n) is 2.64. The lowest BCUT2D eigenvalue weighted by Crippen LogP contribution is -2.01. The highest BCUT2D eigenvalue weighted by Gasteiger charge is 2.13. The van der Waals surface area contributed by atoms with Crippen molar-refractivity contribution in [2.24, 2.45) is 0 Å². The molecule has 2 heterocycles. The Bertz CT molecular complexity index is 476. The largest absolute Gasteiger partial charge is 0.382 e. The molecule has 4 heteroatoms. The molecular formula is C13H17N3O. The van der Waals surface area contributed by atoms with Crippen LogP contribution in [-0.2, 0) is 6.54 Å². The Kier molecular flexibility index (Phi) is 3.54. The number of pyridine rings is 1. The first-order chi connectivity index (χ1) is 8.20. The quantitative estimate of drug-likeness (QED) is 0.876. The van der Waals surface area contributed by atoms with Crippen LogP contribution >= 0.6 is 0 Å². The fourth-order valence-electron chi connectivity index (χ4n) is 1.68. The van der Waals surface area contributed by atoms with Gasteiger partial charge in [0, 0.05) is 24.5 Å². The molecule has 2 rings (SSSR count). The van der Waals surface area contributed by atoms with E-state index >= 15 is 0 Å². The van der Waals surface area contributed by atoms with Crippen molar-refractivity contribution in [3.05, 3.63) is 47.5 Å². The van der Waals surface area contributed by atoms with E-state index in [2.05, 4.69) is 17.0 Å². The molecule has 0 aliphatic heterocycles. The first-order valence-electron chi connectivity index (χ1n) is 5.83. The van der Waals surface area contributed by atoms with Crippen LogP contribution in [0.3, 0.4) is 0 Å². The maximum atomic E-state index is 10.1. The van der Waals surface area contributed by atoms with Gasteiger partial charge in [-0.15, -0.1) is 0 Å². The first kappa shape index (κ1) is 11.8. The molecule has 1 N–H and O–H groups in total. The van der Waals surface area contributed by atoms with Crippen molar-refractivity contribution in [3.63, 3.8) is 0 Å². The van der Waals surface area contributed by atoms with E-state index in [0.717, 1.165) is 24.1 Å². The van der Waals surface area contributed by atoms with Crippen molar-refractivity contribution in [2.45, 2.75) is 32.9 Å². The second kappa shape index (κ2) is 5.10. The molecule has 0 bridgehead atoms. The van der Waals surface area contributed by atoms with E-state index in [1.54, 1.807) is 12.4 Å². The molecule has 0 fully saturated rings. The molecule has 0 radical (unpaired) electrons. The Balaban J connectivity index is 2.18. The van der Waals surface area contributed by atoms with Gasteiger partial charge in [-0.3, -0.25) is 9.67 Å². The van der Waals surface area contributed by atoms with Gasteiger partial charge in [-0.05, 0) is 25.0 Å². The molecule has 0 saturated heterocycles. The molecule has 0 spiro atoms. The van der Waals surface area contributed by atoms with Crippen LogP contribution in [0.15, 0.2) is 30.7 Å². The van der Waals surface area contributed by atoms with Crippen LogP contribution in [0.1, 0.15) is 36.3 Å². The first-order valence-corrected chi connectivity index (χ1v) is 5.83. The predicted octanol–water partition coefficient (Wildman–Crippen LogP) is 2.08. The molecule has 0 aromatic carbocycles. The minimum absolute atomic E-state index is 0.659. The van der Waals surface area contributed by atoms with Crippen LogP contribution < -0.4 is 0 Å². The minimum atomic E-state index is -0.693. The lowest BCUT2D eigenvalue weighted by atomic mass is 10.1. The Morgan fingerprint density at radius 3 is 2.82 bits per heavy atom. The summed E-state index contributed by atoms with van der Waals surface area (Å²) in [5, 5.41) is 14.3. The summed E-state index contributed by atoms with van der Waals surface area (Å²) in [7, 11) is 0. The van der Waals surface area contributed by atoms with Crippen LogP contribution in [0.5, 0.6) is 0 Å². The zero-order chi connectivity index (χ0) is 12.3. The fraction of sp³-hybridized carbons (Fsp3) is 0.385. The van der Waals surface area contributed by atoms with E-state index in [4.69, 9.17) is 0 Å². The van der Waals surface area contributed by atoms with Crippen molar-refractivity contribution in [3.8, 4) is 0 Å². The number of hydrogen-bond acceptors (Lipinski definition) is 3. The van der Waals surface area contributed by atoms with Crippen LogP contribution in [0, 0.1) is 6.92 Å². The average molecular weight is 231 g/mol. The van der Waals surface area contributed by atoms with E-state index in [9.17, 15) is 5.11 Å². The third kappa shape index (κ3) is 2.71. The van der Waals surface area contributed by atoms with Crippen LogP contribution in [-0.4, -0.2) is 19.9 Å². The molecule has 90 valence electrons. The number of aryl methyl sites for hydroxylation is 2. The van der Waals surface area contributed by atoms with E-state index in [1.165, 1.54) is 0 Å². The van der Waals surface area contributed by atoms with E-state index < -0.39 is 6.10 Å². The molecule has 0 saturated carbocycles. The standard InChI is InChI=1S/C13H17N3O/c1-3-6-16-9-11(8-15-16)13(17)12-5-4-10(2)7-14-12/h4-5,7-9,13,17H,3,6H2,1-2H3. The summed E-state index contributed by atoms with van der Waals surface area (Å²) in [6, 6.07) is 3.79. The number of nitrogens with zero attached hydrogens (tertiary/aromatic N) is 3. The Morgan fingerprint density at radius 1 is 1.35 bits per heavy atom. The zero-order valence-electron chi connectivity index (χ0n) is 10.2. The lowest BCUT2D eigenvalue weighted by molar-refractivity contribution is 0.215. The average Bonchev–Trinajstić information content (AvgIpc) is 2.78. The second-order valence-corrected chi connectivity index (χ2v) is 4.20. The predicted molar refractivity (Wildman–Crippen MR) is 65.6 cm³/mol. The second-order valence-electron chi connectivity index (χ2n) is 4.20. The topological polar surface area (TPSA) is 50.9 Å². The number of hydrogen-bond donors (Lipinski definition) is 1. The summed E-state index contributed by atoms with van der Waals surface area (Å²) in [5.74, 6) is 0. The van der Waals surface area contributed by atoms with Crippen molar-refractivity contribution < 1.29 is 5.11 Å². The van der Waals surface area contributed by atoms with Crippen LogP contribution in [0.25, 0.3) is 0 Å². The van der Waals surface area contributed by atoms with Gasteiger partial charge in [0.25, 0.3) is 0 Å². The SMILES string of the molecule is CCCn1cc(C(O)c2ccc(C)cn2)cn1. The van der Waals surface area contributed by atoms with Gasteiger partial charge in [0.15, 0.2) is 0 Å². The smallest absolute Gasteiger partial charge is 0.124 e. The highest BCUT2D eigenvalue weighted by Crippen LogP contribution is 2.19. The third-order valence-corrected chi connectivity index (χ3v) is 2.64. The number of aromatic nitrogens is 3. The van der Waals surface area contributed by atoms with Gasteiger partial charge in [0.2, 0.25) is 0 Å². The van der Waals surface area contributed by atoms with Gasteiger partial charge in [-0.2, -0.15) is 5.10 Å². The van der Waals surface area contributed by atoms with Gasteiger partial charge < -0.3 is 5.11 Å². The number of aliphatic hydroxyl groups excluding tert-OH is 1. The maximum absolute atomic E-state index is 10.1. The van der Waals surface area contributed by atoms with Crippen molar-refractivity contribution in [1.82, 2.24) is 14.8 Å². The lowest BCUT2D eigenvalue weighted by Gasteiger charge is -2.07. The molecule has 0 aliphatic rings. The van der Waals surface area contributed by atoms with Gasteiger partial charge in [-0.25, -0.2) is 0 Å². The minimum Gasteiger partial charge on any atom is -0.382 e. The molecule has 0 aliphatic carbocycles. The molecule has 2 aromatic rings. The Labute approximate surface area is 101 Å². The molecule has 17 heavy (non-hydrogen) atoms. The fourth-order valence-corrected chi connectivity index (χ4v) is 1.68. The molecular weight excluding hydrogens is 214 g/mol. The highest BCUT2D eigenvalue weighted by molar-refractivity contribution is 5.22. The summed E-state index contributed by atoms with van der Waals surface area (Å²) < 4.78 is 1.84. The van der Waals surface area contributed by atoms with Crippen LogP contribution in [0.2, 0.25) is 0 Å². The van der Waals surface area contributed by atoms with E-state index in [1.807, 2.05) is 29.9 Å².